The summed E-state index contributed by atoms with van der Waals surface area (Å²) in [4.78, 5) is 0. The molecular formula is C14H14FNO. The van der Waals surface area contributed by atoms with Crippen molar-refractivity contribution in [2.45, 2.75) is 13.2 Å². The summed E-state index contributed by atoms with van der Waals surface area (Å²) in [6, 6.07) is 14.4. The standard InChI is InChI=1S/C14H14FNO/c15-13-8-4-7-12(9-16)14(13)17-10-11-5-2-1-3-6-11/h1-8H,9-10,16H2. The van der Waals surface area contributed by atoms with Crippen molar-refractivity contribution >= 4 is 0 Å². The van der Waals surface area contributed by atoms with E-state index >= 15 is 0 Å². The average molecular weight is 231 g/mol. The van der Waals surface area contributed by atoms with Crippen LogP contribution in [0.25, 0.3) is 0 Å². The van der Waals surface area contributed by atoms with E-state index < -0.39 is 0 Å². The number of halogens is 1. The molecule has 0 unspecified atom stereocenters. The van der Waals surface area contributed by atoms with Gasteiger partial charge in [-0.15, -0.1) is 0 Å². The molecule has 2 rings (SSSR count). The molecule has 0 spiro atoms. The fraction of sp³-hybridized carbons (Fsp3) is 0.143. The number of ether oxygens (including phenoxy) is 1. The van der Waals surface area contributed by atoms with Crippen LogP contribution in [0.3, 0.4) is 0 Å². The van der Waals surface area contributed by atoms with Crippen molar-refractivity contribution in [3.8, 4) is 5.75 Å². The van der Waals surface area contributed by atoms with Crippen LogP contribution in [-0.4, -0.2) is 0 Å². The van der Waals surface area contributed by atoms with Crippen LogP contribution in [0.5, 0.6) is 5.75 Å². The summed E-state index contributed by atoms with van der Waals surface area (Å²) in [5.41, 5.74) is 7.22. The molecule has 0 aliphatic heterocycles. The number of rotatable bonds is 4. The predicted molar refractivity (Wildman–Crippen MR) is 65.1 cm³/mol. The molecule has 0 heterocycles. The molecule has 0 aliphatic carbocycles. The lowest BCUT2D eigenvalue weighted by Crippen LogP contribution is -2.04. The largest absolute Gasteiger partial charge is 0.485 e. The molecule has 3 heteroatoms. The van der Waals surface area contributed by atoms with Crippen molar-refractivity contribution < 1.29 is 9.13 Å². The number of benzene rings is 2. The fourth-order valence-corrected chi connectivity index (χ4v) is 1.61. The first kappa shape index (κ1) is 11.6. The number of para-hydroxylation sites is 1. The van der Waals surface area contributed by atoms with Crippen LogP contribution >= 0.6 is 0 Å². The van der Waals surface area contributed by atoms with Gasteiger partial charge in [0.15, 0.2) is 11.6 Å². The Morgan fingerprint density at radius 1 is 1.00 bits per heavy atom. The zero-order valence-electron chi connectivity index (χ0n) is 9.40. The van der Waals surface area contributed by atoms with Crippen LogP contribution in [0.1, 0.15) is 11.1 Å². The van der Waals surface area contributed by atoms with Gasteiger partial charge in [-0.2, -0.15) is 0 Å². The first-order chi connectivity index (χ1) is 8.31. The molecule has 17 heavy (non-hydrogen) atoms. The van der Waals surface area contributed by atoms with E-state index in [2.05, 4.69) is 0 Å². The zero-order chi connectivity index (χ0) is 12.1. The first-order valence-corrected chi connectivity index (χ1v) is 5.45. The molecule has 0 amide bonds. The molecule has 2 N–H and O–H groups in total. The molecule has 0 saturated carbocycles. The molecule has 2 aromatic rings. The van der Waals surface area contributed by atoms with E-state index in [1.54, 1.807) is 12.1 Å². The molecule has 88 valence electrons. The van der Waals surface area contributed by atoms with E-state index in [4.69, 9.17) is 10.5 Å². The maximum absolute atomic E-state index is 13.6. The van der Waals surface area contributed by atoms with E-state index in [1.807, 2.05) is 30.3 Å². The Morgan fingerprint density at radius 2 is 1.76 bits per heavy atom. The van der Waals surface area contributed by atoms with Gasteiger partial charge in [0.2, 0.25) is 0 Å². The molecule has 2 aromatic carbocycles. The van der Waals surface area contributed by atoms with Crippen LogP contribution in [0.15, 0.2) is 48.5 Å². The molecule has 0 saturated heterocycles. The number of hydrogen-bond acceptors (Lipinski definition) is 2. The summed E-state index contributed by atoms with van der Waals surface area (Å²) in [6.45, 7) is 0.608. The minimum Gasteiger partial charge on any atom is -0.485 e. The van der Waals surface area contributed by atoms with Crippen molar-refractivity contribution in [3.63, 3.8) is 0 Å². The van der Waals surface area contributed by atoms with Crippen LogP contribution in [0.4, 0.5) is 4.39 Å². The Labute approximate surface area is 99.8 Å². The summed E-state index contributed by atoms with van der Waals surface area (Å²) in [7, 11) is 0. The van der Waals surface area contributed by atoms with Crippen molar-refractivity contribution in [2.75, 3.05) is 0 Å². The zero-order valence-corrected chi connectivity index (χ0v) is 9.40. The lowest BCUT2D eigenvalue weighted by atomic mass is 10.2. The van der Waals surface area contributed by atoms with E-state index in [0.29, 0.717) is 12.2 Å². The van der Waals surface area contributed by atoms with Gasteiger partial charge < -0.3 is 10.5 Å². The van der Waals surface area contributed by atoms with Gasteiger partial charge in [-0.25, -0.2) is 4.39 Å². The second-order valence-corrected chi connectivity index (χ2v) is 3.71. The van der Waals surface area contributed by atoms with Gasteiger partial charge in [0.05, 0.1) is 0 Å². The second-order valence-electron chi connectivity index (χ2n) is 3.71. The third kappa shape index (κ3) is 2.82. The Morgan fingerprint density at radius 3 is 2.47 bits per heavy atom. The minimum atomic E-state index is -0.371. The molecule has 0 radical (unpaired) electrons. The van der Waals surface area contributed by atoms with Crippen molar-refractivity contribution in [1.29, 1.82) is 0 Å². The highest BCUT2D eigenvalue weighted by Crippen LogP contribution is 2.23. The van der Waals surface area contributed by atoms with Gasteiger partial charge in [-0.3, -0.25) is 0 Å². The SMILES string of the molecule is NCc1cccc(F)c1OCc1ccccc1. The van der Waals surface area contributed by atoms with Gasteiger partial charge in [-0.1, -0.05) is 42.5 Å². The van der Waals surface area contributed by atoms with Crippen molar-refractivity contribution in [1.82, 2.24) is 0 Å². The van der Waals surface area contributed by atoms with Gasteiger partial charge in [0, 0.05) is 12.1 Å². The molecular weight excluding hydrogens is 217 g/mol. The number of nitrogens with two attached hydrogens (primary N) is 1. The Hall–Kier alpha value is -1.87. The summed E-state index contributed by atoms with van der Waals surface area (Å²) < 4.78 is 19.0. The second kappa shape index (κ2) is 5.46. The normalized spacial score (nSPS) is 10.2. The van der Waals surface area contributed by atoms with Crippen LogP contribution in [0.2, 0.25) is 0 Å². The minimum absolute atomic E-state index is 0.249. The lowest BCUT2D eigenvalue weighted by Gasteiger charge is -2.11. The Bertz CT molecular complexity index is 485. The fourth-order valence-electron chi connectivity index (χ4n) is 1.61. The molecule has 0 fully saturated rings. The van der Waals surface area contributed by atoms with Crippen LogP contribution in [0, 0.1) is 5.82 Å². The summed E-state index contributed by atoms with van der Waals surface area (Å²) in [6.07, 6.45) is 0. The van der Waals surface area contributed by atoms with Gasteiger partial charge in [0.1, 0.15) is 6.61 Å². The predicted octanol–water partition coefficient (Wildman–Crippen LogP) is 2.86. The molecule has 2 nitrogen and oxygen atoms in total. The van der Waals surface area contributed by atoms with Gasteiger partial charge in [-0.05, 0) is 11.6 Å². The lowest BCUT2D eigenvalue weighted by molar-refractivity contribution is 0.287. The topological polar surface area (TPSA) is 35.2 Å². The summed E-state index contributed by atoms with van der Waals surface area (Å²) >= 11 is 0. The van der Waals surface area contributed by atoms with Crippen LogP contribution in [-0.2, 0) is 13.2 Å². The van der Waals surface area contributed by atoms with E-state index in [1.165, 1.54) is 6.07 Å². The highest BCUT2D eigenvalue weighted by Gasteiger charge is 2.08. The van der Waals surface area contributed by atoms with Crippen LogP contribution < -0.4 is 10.5 Å². The maximum atomic E-state index is 13.6. The quantitative estimate of drug-likeness (QED) is 0.878. The van der Waals surface area contributed by atoms with E-state index in [0.717, 1.165) is 5.56 Å². The van der Waals surface area contributed by atoms with E-state index in [-0.39, 0.29) is 18.1 Å². The highest BCUT2D eigenvalue weighted by atomic mass is 19.1. The third-order valence-electron chi connectivity index (χ3n) is 2.49. The third-order valence-corrected chi connectivity index (χ3v) is 2.49. The Balaban J connectivity index is 2.14. The molecule has 0 bridgehead atoms. The molecule has 0 aromatic heterocycles. The summed E-state index contributed by atoms with van der Waals surface area (Å²) in [5, 5.41) is 0. The molecule has 0 aliphatic rings. The van der Waals surface area contributed by atoms with Crippen molar-refractivity contribution in [2.24, 2.45) is 5.73 Å². The number of hydrogen-bond donors (Lipinski definition) is 1. The molecule has 0 atom stereocenters. The monoisotopic (exact) mass is 231 g/mol. The van der Waals surface area contributed by atoms with Gasteiger partial charge >= 0.3 is 0 Å². The van der Waals surface area contributed by atoms with E-state index in [9.17, 15) is 4.39 Å². The van der Waals surface area contributed by atoms with Gasteiger partial charge in [0.25, 0.3) is 0 Å². The average Bonchev–Trinajstić information content (AvgIpc) is 2.38. The first-order valence-electron chi connectivity index (χ1n) is 5.45. The Kier molecular flexibility index (Phi) is 3.73. The summed E-state index contributed by atoms with van der Waals surface area (Å²) in [5.74, 6) is -0.122. The smallest absolute Gasteiger partial charge is 0.165 e. The van der Waals surface area contributed by atoms with Crippen molar-refractivity contribution in [3.05, 3.63) is 65.5 Å². The maximum Gasteiger partial charge on any atom is 0.165 e. The highest BCUT2D eigenvalue weighted by molar-refractivity contribution is 5.35.